The van der Waals surface area contributed by atoms with Gasteiger partial charge >= 0.3 is 0 Å². The molecule has 3 atom stereocenters. The van der Waals surface area contributed by atoms with E-state index in [-0.39, 0.29) is 0 Å². The Morgan fingerprint density at radius 1 is 1.50 bits per heavy atom. The van der Waals surface area contributed by atoms with E-state index in [1.807, 2.05) is 6.92 Å². The fourth-order valence-electron chi connectivity index (χ4n) is 2.59. The normalized spacial score (nSPS) is 34.5. The smallest absolute Gasteiger partial charge is 0.223 e. The topological polar surface area (TPSA) is 51.0 Å². The Morgan fingerprint density at radius 2 is 2.43 bits per heavy atom. The summed E-state index contributed by atoms with van der Waals surface area (Å²) >= 11 is 0. The van der Waals surface area contributed by atoms with E-state index >= 15 is 0 Å². The van der Waals surface area contributed by atoms with Crippen molar-refractivity contribution in [2.45, 2.75) is 38.8 Å². The monoisotopic (exact) mass is 193 g/mol. The lowest BCUT2D eigenvalue weighted by Crippen LogP contribution is -2.28. The Morgan fingerprint density at radius 3 is 3.00 bits per heavy atom. The Balaban J connectivity index is 1.54. The standard InChI is InChI=1S/C10H15N3O/c1-6-12-10(13-14-6)5-11-9-3-2-7-4-8(7)9/h7-9,11H,2-5H2,1H3/t7-,8+,9?/m1/s1. The number of hydrogen-bond acceptors (Lipinski definition) is 4. The maximum Gasteiger partial charge on any atom is 0.223 e. The van der Waals surface area contributed by atoms with Gasteiger partial charge in [-0.1, -0.05) is 5.16 Å². The minimum atomic E-state index is 0.650. The number of nitrogens with one attached hydrogen (secondary N) is 1. The zero-order valence-corrected chi connectivity index (χ0v) is 8.36. The second kappa shape index (κ2) is 3.05. The molecular formula is C10H15N3O. The molecule has 0 amide bonds. The highest BCUT2D eigenvalue weighted by Crippen LogP contribution is 2.51. The van der Waals surface area contributed by atoms with E-state index in [9.17, 15) is 0 Å². The van der Waals surface area contributed by atoms with Gasteiger partial charge in [-0.2, -0.15) is 4.98 Å². The minimum absolute atomic E-state index is 0.650. The lowest BCUT2D eigenvalue weighted by atomic mass is 10.2. The fraction of sp³-hybridized carbons (Fsp3) is 0.800. The first-order valence-corrected chi connectivity index (χ1v) is 5.35. The molecule has 2 fully saturated rings. The lowest BCUT2D eigenvalue weighted by molar-refractivity contribution is 0.381. The highest BCUT2D eigenvalue weighted by molar-refractivity contribution is 5.01. The zero-order valence-electron chi connectivity index (χ0n) is 8.36. The molecule has 4 nitrogen and oxygen atoms in total. The molecule has 1 N–H and O–H groups in total. The van der Waals surface area contributed by atoms with Crippen LogP contribution in [0.4, 0.5) is 0 Å². The SMILES string of the molecule is Cc1nc(CNC2CC[C@@H]3C[C@H]23)no1. The molecule has 2 aliphatic carbocycles. The summed E-state index contributed by atoms with van der Waals surface area (Å²) in [5.41, 5.74) is 0. The Bertz CT molecular complexity index is 336. The van der Waals surface area contributed by atoms with Gasteiger partial charge in [0.05, 0.1) is 6.54 Å². The van der Waals surface area contributed by atoms with Gasteiger partial charge in [0.2, 0.25) is 5.89 Å². The summed E-state index contributed by atoms with van der Waals surface area (Å²) in [5, 5.41) is 7.38. The third-order valence-corrected chi connectivity index (χ3v) is 3.43. The van der Waals surface area contributed by atoms with Gasteiger partial charge in [0.1, 0.15) is 0 Å². The maximum atomic E-state index is 4.92. The molecule has 0 spiro atoms. The summed E-state index contributed by atoms with van der Waals surface area (Å²) in [6.07, 6.45) is 4.17. The van der Waals surface area contributed by atoms with Crippen LogP contribution in [0.1, 0.15) is 31.0 Å². The molecule has 1 aromatic rings. The fourth-order valence-corrected chi connectivity index (χ4v) is 2.59. The number of aromatic nitrogens is 2. The average Bonchev–Trinajstić information content (AvgIpc) is 2.66. The molecule has 1 heterocycles. The van der Waals surface area contributed by atoms with E-state index in [0.29, 0.717) is 11.9 Å². The van der Waals surface area contributed by atoms with Gasteiger partial charge in [-0.3, -0.25) is 0 Å². The van der Waals surface area contributed by atoms with Gasteiger partial charge in [-0.15, -0.1) is 0 Å². The van der Waals surface area contributed by atoms with E-state index in [0.717, 1.165) is 24.2 Å². The second-order valence-corrected chi connectivity index (χ2v) is 4.45. The molecule has 76 valence electrons. The molecule has 0 radical (unpaired) electrons. The molecule has 0 bridgehead atoms. The Hall–Kier alpha value is -0.900. The number of fused-ring (bicyclic) bond motifs is 1. The van der Waals surface area contributed by atoms with Crippen molar-refractivity contribution in [2.24, 2.45) is 11.8 Å². The molecule has 0 saturated heterocycles. The van der Waals surface area contributed by atoms with Crippen molar-refractivity contribution in [3.05, 3.63) is 11.7 Å². The molecular weight excluding hydrogens is 178 g/mol. The van der Waals surface area contributed by atoms with Crippen LogP contribution < -0.4 is 5.32 Å². The van der Waals surface area contributed by atoms with Gasteiger partial charge < -0.3 is 9.84 Å². The van der Waals surface area contributed by atoms with Crippen LogP contribution in [-0.4, -0.2) is 16.2 Å². The van der Waals surface area contributed by atoms with Gasteiger partial charge in [0.25, 0.3) is 0 Å². The number of aryl methyl sites for hydroxylation is 1. The molecule has 1 aromatic heterocycles. The largest absolute Gasteiger partial charge is 0.340 e. The van der Waals surface area contributed by atoms with E-state index < -0.39 is 0 Å². The van der Waals surface area contributed by atoms with Crippen molar-refractivity contribution in [3.8, 4) is 0 Å². The van der Waals surface area contributed by atoms with Crippen LogP contribution in [0.5, 0.6) is 0 Å². The van der Waals surface area contributed by atoms with Crippen LogP contribution in [-0.2, 0) is 6.54 Å². The molecule has 3 rings (SSSR count). The summed E-state index contributed by atoms with van der Waals surface area (Å²) in [5.74, 6) is 3.41. The molecule has 2 aliphatic rings. The average molecular weight is 193 g/mol. The lowest BCUT2D eigenvalue weighted by Gasteiger charge is -2.11. The van der Waals surface area contributed by atoms with Crippen LogP contribution in [0.2, 0.25) is 0 Å². The van der Waals surface area contributed by atoms with Crippen molar-refractivity contribution in [2.75, 3.05) is 0 Å². The maximum absolute atomic E-state index is 4.92. The first kappa shape index (κ1) is 8.41. The predicted octanol–water partition coefficient (Wildman–Crippen LogP) is 1.27. The second-order valence-electron chi connectivity index (χ2n) is 4.45. The highest BCUT2D eigenvalue weighted by Gasteiger charge is 2.47. The van der Waals surface area contributed by atoms with Crippen molar-refractivity contribution >= 4 is 0 Å². The van der Waals surface area contributed by atoms with Crippen molar-refractivity contribution < 1.29 is 4.52 Å². The van der Waals surface area contributed by atoms with Crippen LogP contribution in [0.15, 0.2) is 4.52 Å². The predicted molar refractivity (Wildman–Crippen MR) is 50.5 cm³/mol. The summed E-state index contributed by atoms with van der Waals surface area (Å²) in [4.78, 5) is 4.17. The summed E-state index contributed by atoms with van der Waals surface area (Å²) in [6, 6.07) is 0.707. The third-order valence-electron chi connectivity index (χ3n) is 3.43. The zero-order chi connectivity index (χ0) is 9.54. The number of hydrogen-bond donors (Lipinski definition) is 1. The molecule has 2 saturated carbocycles. The molecule has 0 aliphatic heterocycles. The van der Waals surface area contributed by atoms with Crippen LogP contribution in [0.3, 0.4) is 0 Å². The van der Waals surface area contributed by atoms with E-state index in [1.165, 1.54) is 19.3 Å². The van der Waals surface area contributed by atoms with Gasteiger partial charge in [0.15, 0.2) is 5.82 Å². The highest BCUT2D eigenvalue weighted by atomic mass is 16.5. The van der Waals surface area contributed by atoms with Gasteiger partial charge in [-0.25, -0.2) is 0 Å². The van der Waals surface area contributed by atoms with E-state index in [1.54, 1.807) is 0 Å². The van der Waals surface area contributed by atoms with Crippen molar-refractivity contribution in [1.82, 2.24) is 15.5 Å². The van der Waals surface area contributed by atoms with Gasteiger partial charge in [-0.05, 0) is 31.1 Å². The van der Waals surface area contributed by atoms with Crippen LogP contribution in [0.25, 0.3) is 0 Å². The third kappa shape index (κ3) is 1.43. The molecule has 0 aromatic carbocycles. The first-order chi connectivity index (χ1) is 6.83. The minimum Gasteiger partial charge on any atom is -0.340 e. The summed E-state index contributed by atoms with van der Waals surface area (Å²) in [7, 11) is 0. The Kier molecular flexibility index (Phi) is 1.83. The van der Waals surface area contributed by atoms with Crippen molar-refractivity contribution in [1.29, 1.82) is 0 Å². The quantitative estimate of drug-likeness (QED) is 0.785. The van der Waals surface area contributed by atoms with Crippen LogP contribution >= 0.6 is 0 Å². The first-order valence-electron chi connectivity index (χ1n) is 5.35. The Labute approximate surface area is 83.1 Å². The van der Waals surface area contributed by atoms with E-state index in [2.05, 4.69) is 15.5 Å². The van der Waals surface area contributed by atoms with Crippen molar-refractivity contribution in [3.63, 3.8) is 0 Å². The molecule has 14 heavy (non-hydrogen) atoms. The van der Waals surface area contributed by atoms with Gasteiger partial charge in [0, 0.05) is 13.0 Å². The van der Waals surface area contributed by atoms with Crippen LogP contribution in [0, 0.1) is 18.8 Å². The summed E-state index contributed by atoms with van der Waals surface area (Å²) < 4.78 is 4.92. The molecule has 4 heteroatoms. The van der Waals surface area contributed by atoms with E-state index in [4.69, 9.17) is 4.52 Å². The summed E-state index contributed by atoms with van der Waals surface area (Å²) in [6.45, 7) is 2.58. The molecule has 1 unspecified atom stereocenters. The number of rotatable bonds is 3. The number of nitrogens with zero attached hydrogens (tertiary/aromatic N) is 2.